The van der Waals surface area contributed by atoms with E-state index in [4.69, 9.17) is 23.2 Å². The molecule has 0 N–H and O–H groups in total. The fourth-order valence-electron chi connectivity index (χ4n) is 4.76. The Morgan fingerprint density at radius 2 is 1.33 bits per heavy atom. The number of halogens is 2. The van der Waals surface area contributed by atoms with Gasteiger partial charge in [0, 0.05) is 32.9 Å². The van der Waals surface area contributed by atoms with Gasteiger partial charge < -0.3 is 0 Å². The minimum Gasteiger partial charge on any atom is -0.294 e. The van der Waals surface area contributed by atoms with Gasteiger partial charge in [-0.05, 0) is 55.7 Å². The Bertz CT molecular complexity index is 1020. The van der Waals surface area contributed by atoms with Crippen molar-refractivity contribution in [1.29, 1.82) is 0 Å². The van der Waals surface area contributed by atoms with Crippen LogP contribution in [0.3, 0.4) is 0 Å². The third kappa shape index (κ3) is 3.73. The standard InChI is InChI=1S/C27H24Cl2O/c1-18(2)16-25-24(26(30)19-6-4-3-5-7-19)17-27(25,20-8-12-22(28)13-9-20)21-10-14-23(29)15-11-21/h3-16,24-25H,17H2,1-2H3. The third-order valence-electron chi connectivity index (χ3n) is 6.17. The molecule has 0 amide bonds. The number of ketones is 1. The number of allylic oxidation sites excluding steroid dienone is 2. The number of benzene rings is 3. The summed E-state index contributed by atoms with van der Waals surface area (Å²) in [7, 11) is 0. The fraction of sp³-hybridized carbons (Fsp3) is 0.222. The van der Waals surface area contributed by atoms with Crippen molar-refractivity contribution in [2.45, 2.75) is 25.7 Å². The molecule has 0 heterocycles. The molecule has 0 aromatic heterocycles. The van der Waals surface area contributed by atoms with Gasteiger partial charge in [-0.3, -0.25) is 4.79 Å². The predicted molar refractivity (Wildman–Crippen MR) is 125 cm³/mol. The summed E-state index contributed by atoms with van der Waals surface area (Å²) in [6, 6.07) is 25.7. The second-order valence-electron chi connectivity index (χ2n) is 8.30. The second-order valence-corrected chi connectivity index (χ2v) is 9.17. The zero-order valence-corrected chi connectivity index (χ0v) is 18.6. The second kappa shape index (κ2) is 8.41. The van der Waals surface area contributed by atoms with Crippen molar-refractivity contribution in [2.24, 2.45) is 11.8 Å². The highest BCUT2D eigenvalue weighted by molar-refractivity contribution is 6.30. The average Bonchev–Trinajstić information content (AvgIpc) is 2.74. The molecule has 3 aromatic rings. The Balaban J connectivity index is 1.84. The largest absolute Gasteiger partial charge is 0.294 e. The van der Waals surface area contributed by atoms with Gasteiger partial charge in [-0.25, -0.2) is 0 Å². The molecule has 30 heavy (non-hydrogen) atoms. The van der Waals surface area contributed by atoms with Crippen LogP contribution >= 0.6 is 23.2 Å². The highest BCUT2D eigenvalue weighted by Gasteiger charge is 2.57. The summed E-state index contributed by atoms with van der Waals surface area (Å²) >= 11 is 12.4. The summed E-state index contributed by atoms with van der Waals surface area (Å²) in [5, 5.41) is 1.42. The molecule has 1 aliphatic carbocycles. The Labute approximate surface area is 188 Å². The topological polar surface area (TPSA) is 17.1 Å². The molecule has 0 bridgehead atoms. The molecule has 3 heteroatoms. The van der Waals surface area contributed by atoms with E-state index in [1.807, 2.05) is 54.6 Å². The van der Waals surface area contributed by atoms with Gasteiger partial charge in [0.25, 0.3) is 0 Å². The quantitative estimate of drug-likeness (QED) is 0.296. The molecule has 4 rings (SSSR count). The third-order valence-corrected chi connectivity index (χ3v) is 6.68. The van der Waals surface area contributed by atoms with E-state index < -0.39 is 0 Å². The molecule has 152 valence electrons. The van der Waals surface area contributed by atoms with Crippen LogP contribution < -0.4 is 0 Å². The summed E-state index contributed by atoms with van der Waals surface area (Å²) in [6.45, 7) is 4.19. The van der Waals surface area contributed by atoms with Crippen LogP contribution in [0.25, 0.3) is 0 Å². The van der Waals surface area contributed by atoms with Crippen molar-refractivity contribution >= 4 is 29.0 Å². The zero-order chi connectivity index (χ0) is 21.3. The minimum absolute atomic E-state index is 0.0533. The molecular weight excluding hydrogens is 411 g/mol. The van der Waals surface area contributed by atoms with Crippen molar-refractivity contribution < 1.29 is 4.79 Å². The van der Waals surface area contributed by atoms with Crippen molar-refractivity contribution in [3.8, 4) is 0 Å². The van der Waals surface area contributed by atoms with Gasteiger partial charge in [-0.1, -0.05) is 89.4 Å². The van der Waals surface area contributed by atoms with Crippen molar-refractivity contribution in [1.82, 2.24) is 0 Å². The number of hydrogen-bond acceptors (Lipinski definition) is 1. The number of hydrogen-bond donors (Lipinski definition) is 0. The summed E-state index contributed by atoms with van der Waals surface area (Å²) < 4.78 is 0. The first kappa shape index (κ1) is 20.9. The van der Waals surface area contributed by atoms with Gasteiger partial charge in [0.15, 0.2) is 5.78 Å². The smallest absolute Gasteiger partial charge is 0.166 e. The predicted octanol–water partition coefficient (Wildman–Crippen LogP) is 7.76. The van der Waals surface area contributed by atoms with Gasteiger partial charge in [-0.2, -0.15) is 0 Å². The Morgan fingerprint density at radius 3 is 1.80 bits per heavy atom. The van der Waals surface area contributed by atoms with Gasteiger partial charge in [0.05, 0.1) is 0 Å². The fourth-order valence-corrected chi connectivity index (χ4v) is 5.02. The lowest BCUT2D eigenvalue weighted by Crippen LogP contribution is -2.54. The Hall–Kier alpha value is -2.35. The molecule has 1 nitrogen and oxygen atoms in total. The van der Waals surface area contributed by atoms with E-state index in [2.05, 4.69) is 44.2 Å². The molecule has 3 aromatic carbocycles. The van der Waals surface area contributed by atoms with E-state index in [-0.39, 0.29) is 23.0 Å². The van der Waals surface area contributed by atoms with Gasteiger partial charge in [0.1, 0.15) is 0 Å². The van der Waals surface area contributed by atoms with Crippen molar-refractivity contribution in [3.63, 3.8) is 0 Å². The van der Waals surface area contributed by atoms with E-state index in [9.17, 15) is 4.79 Å². The lowest BCUT2D eigenvalue weighted by molar-refractivity contribution is 0.0598. The van der Waals surface area contributed by atoms with Gasteiger partial charge in [0.2, 0.25) is 0 Å². The summed E-state index contributed by atoms with van der Waals surface area (Å²) in [6.07, 6.45) is 3.01. The van der Waals surface area contributed by atoms with Crippen LogP contribution in [0.4, 0.5) is 0 Å². The first-order chi connectivity index (χ1) is 14.4. The first-order valence-electron chi connectivity index (χ1n) is 10.2. The molecule has 1 aliphatic rings. The Kier molecular flexibility index (Phi) is 5.86. The van der Waals surface area contributed by atoms with E-state index in [1.54, 1.807) is 0 Å². The number of Topliss-reactive ketones (excluding diaryl/α,β-unsaturated/α-hetero) is 1. The van der Waals surface area contributed by atoms with Crippen molar-refractivity contribution in [3.05, 3.63) is 117 Å². The van der Waals surface area contributed by atoms with E-state index in [0.717, 1.165) is 12.0 Å². The molecule has 0 spiro atoms. The highest BCUT2D eigenvalue weighted by atomic mass is 35.5. The Morgan fingerprint density at radius 1 is 0.833 bits per heavy atom. The SMILES string of the molecule is CC(C)=CC1C(C(=O)c2ccccc2)CC1(c1ccc(Cl)cc1)c1ccc(Cl)cc1. The molecule has 2 atom stereocenters. The van der Waals surface area contributed by atoms with Crippen molar-refractivity contribution in [2.75, 3.05) is 0 Å². The molecule has 1 saturated carbocycles. The molecule has 0 aliphatic heterocycles. The lowest BCUT2D eigenvalue weighted by Gasteiger charge is -2.55. The maximum atomic E-state index is 13.4. The summed E-state index contributed by atoms with van der Waals surface area (Å²) in [5.41, 5.74) is 4.04. The lowest BCUT2D eigenvalue weighted by atomic mass is 9.47. The average molecular weight is 435 g/mol. The van der Waals surface area contributed by atoms with E-state index in [0.29, 0.717) is 10.0 Å². The van der Waals surface area contributed by atoms with Crippen LogP contribution in [-0.2, 0) is 5.41 Å². The summed E-state index contributed by atoms with van der Waals surface area (Å²) in [5.74, 6) is 0.183. The maximum absolute atomic E-state index is 13.4. The van der Waals surface area contributed by atoms with Crippen LogP contribution in [0, 0.1) is 11.8 Å². The summed E-state index contributed by atoms with van der Waals surface area (Å²) in [4.78, 5) is 13.4. The minimum atomic E-state index is -0.290. The highest BCUT2D eigenvalue weighted by Crippen LogP contribution is 2.58. The van der Waals surface area contributed by atoms with Gasteiger partial charge >= 0.3 is 0 Å². The van der Waals surface area contributed by atoms with Gasteiger partial charge in [-0.15, -0.1) is 0 Å². The zero-order valence-electron chi connectivity index (χ0n) is 17.1. The molecule has 0 saturated heterocycles. The van der Waals surface area contributed by atoms with E-state index >= 15 is 0 Å². The normalized spacial score (nSPS) is 19.6. The maximum Gasteiger partial charge on any atom is 0.166 e. The monoisotopic (exact) mass is 434 g/mol. The number of carbonyl (C=O) groups excluding carboxylic acids is 1. The number of rotatable bonds is 5. The molecular formula is C27H24Cl2O. The molecule has 0 radical (unpaired) electrons. The van der Waals surface area contributed by atoms with Crippen LogP contribution in [0.1, 0.15) is 41.8 Å². The van der Waals surface area contributed by atoms with Crippen LogP contribution in [0.15, 0.2) is 90.5 Å². The van der Waals surface area contributed by atoms with Crippen LogP contribution in [0.2, 0.25) is 10.0 Å². The molecule has 2 unspecified atom stereocenters. The van der Waals surface area contributed by atoms with E-state index in [1.165, 1.54) is 16.7 Å². The molecule has 1 fully saturated rings. The number of carbonyl (C=O) groups is 1. The van der Waals surface area contributed by atoms with Crippen LogP contribution in [-0.4, -0.2) is 5.78 Å². The first-order valence-corrected chi connectivity index (χ1v) is 10.9. The van der Waals surface area contributed by atoms with Crippen LogP contribution in [0.5, 0.6) is 0 Å².